The fourth-order valence-corrected chi connectivity index (χ4v) is 1.56. The summed E-state index contributed by atoms with van der Waals surface area (Å²) in [6.07, 6.45) is 2.38. The van der Waals surface area contributed by atoms with Gasteiger partial charge in [0, 0.05) is 6.54 Å². The Bertz CT molecular complexity index is 250. The van der Waals surface area contributed by atoms with Crippen molar-refractivity contribution in [2.45, 2.75) is 32.2 Å². The molecule has 16 heavy (non-hydrogen) atoms. The van der Waals surface area contributed by atoms with Gasteiger partial charge in [0.1, 0.15) is 6.04 Å². The largest absolute Gasteiger partial charge is 0.468 e. The van der Waals surface area contributed by atoms with Crippen LogP contribution in [0.4, 0.5) is 0 Å². The van der Waals surface area contributed by atoms with Crippen LogP contribution in [0.5, 0.6) is 0 Å². The number of esters is 2. The third-order valence-corrected chi connectivity index (χ3v) is 2.55. The lowest BCUT2D eigenvalue weighted by atomic mass is 10.2. The molecule has 1 rings (SSSR count). The quantitative estimate of drug-likeness (QED) is 0.643. The Kier molecular flexibility index (Phi) is 5.25. The summed E-state index contributed by atoms with van der Waals surface area (Å²) in [6.45, 7) is 2.61. The van der Waals surface area contributed by atoms with Gasteiger partial charge in [-0.05, 0) is 25.7 Å². The van der Waals surface area contributed by atoms with Gasteiger partial charge < -0.3 is 14.8 Å². The van der Waals surface area contributed by atoms with Gasteiger partial charge >= 0.3 is 11.9 Å². The maximum Gasteiger partial charge on any atom is 0.323 e. The summed E-state index contributed by atoms with van der Waals surface area (Å²) < 4.78 is 9.49. The molecule has 1 fully saturated rings. The first-order valence-electron chi connectivity index (χ1n) is 5.65. The van der Waals surface area contributed by atoms with Gasteiger partial charge in [-0.1, -0.05) is 0 Å². The van der Waals surface area contributed by atoms with Gasteiger partial charge in [-0.25, -0.2) is 0 Å². The predicted octanol–water partition coefficient (Wildman–Crippen LogP) is 0.481. The van der Waals surface area contributed by atoms with Crippen LogP contribution < -0.4 is 5.32 Å². The number of hydrogen-bond donors (Lipinski definition) is 1. The van der Waals surface area contributed by atoms with E-state index in [2.05, 4.69) is 5.32 Å². The van der Waals surface area contributed by atoms with E-state index in [0.29, 0.717) is 19.1 Å². The highest BCUT2D eigenvalue weighted by molar-refractivity contribution is 5.76. The Balaban J connectivity index is 2.22. The first kappa shape index (κ1) is 13.0. The van der Waals surface area contributed by atoms with Gasteiger partial charge in [-0.15, -0.1) is 0 Å². The Hall–Kier alpha value is -1.10. The molecule has 1 aliphatic carbocycles. The second-order valence-electron chi connectivity index (χ2n) is 3.85. The number of nitrogens with one attached hydrogen (secondary N) is 1. The number of rotatable bonds is 7. The summed E-state index contributed by atoms with van der Waals surface area (Å²) >= 11 is 0. The number of methoxy groups -OCH3 is 1. The summed E-state index contributed by atoms with van der Waals surface area (Å²) in [4.78, 5) is 22.5. The van der Waals surface area contributed by atoms with Crippen molar-refractivity contribution in [1.29, 1.82) is 0 Å². The van der Waals surface area contributed by atoms with Gasteiger partial charge in [-0.3, -0.25) is 9.59 Å². The first-order valence-corrected chi connectivity index (χ1v) is 5.65. The van der Waals surface area contributed by atoms with E-state index >= 15 is 0 Å². The highest BCUT2D eigenvalue weighted by Gasteiger charge is 2.36. The van der Waals surface area contributed by atoms with Crippen molar-refractivity contribution in [3.8, 4) is 0 Å². The van der Waals surface area contributed by atoms with Gasteiger partial charge in [0.05, 0.1) is 20.1 Å². The molecule has 0 aromatic rings. The van der Waals surface area contributed by atoms with Crippen LogP contribution in [0.25, 0.3) is 0 Å². The molecule has 5 heteroatoms. The van der Waals surface area contributed by atoms with Crippen molar-refractivity contribution in [3.05, 3.63) is 0 Å². The molecule has 1 N–H and O–H groups in total. The SMILES string of the molecule is CCOC(=O)CCNC(C(=O)OC)C1CC1. The van der Waals surface area contributed by atoms with E-state index in [1.807, 2.05) is 0 Å². The molecule has 0 amide bonds. The predicted molar refractivity (Wildman–Crippen MR) is 57.8 cm³/mol. The lowest BCUT2D eigenvalue weighted by molar-refractivity contribution is -0.145. The van der Waals surface area contributed by atoms with E-state index < -0.39 is 0 Å². The molecule has 5 nitrogen and oxygen atoms in total. The van der Waals surface area contributed by atoms with Gasteiger partial charge in [0.2, 0.25) is 0 Å². The van der Waals surface area contributed by atoms with E-state index in [1.165, 1.54) is 7.11 Å². The molecule has 0 aromatic carbocycles. The molecule has 0 aliphatic heterocycles. The van der Waals surface area contributed by atoms with E-state index in [4.69, 9.17) is 9.47 Å². The highest BCUT2D eigenvalue weighted by Crippen LogP contribution is 2.33. The summed E-state index contributed by atoms with van der Waals surface area (Å²) in [7, 11) is 1.38. The second kappa shape index (κ2) is 6.48. The molecule has 1 saturated carbocycles. The van der Waals surface area contributed by atoms with Crippen LogP contribution in [-0.2, 0) is 19.1 Å². The average Bonchev–Trinajstić information content (AvgIpc) is 3.08. The zero-order chi connectivity index (χ0) is 12.0. The Morgan fingerprint density at radius 2 is 2.12 bits per heavy atom. The smallest absolute Gasteiger partial charge is 0.323 e. The summed E-state index contributed by atoms with van der Waals surface area (Å²) in [5.41, 5.74) is 0. The normalized spacial score (nSPS) is 16.6. The van der Waals surface area contributed by atoms with Crippen molar-refractivity contribution in [2.75, 3.05) is 20.3 Å². The second-order valence-corrected chi connectivity index (χ2v) is 3.85. The van der Waals surface area contributed by atoms with Crippen LogP contribution in [0.2, 0.25) is 0 Å². The zero-order valence-corrected chi connectivity index (χ0v) is 9.82. The van der Waals surface area contributed by atoms with Crippen molar-refractivity contribution in [2.24, 2.45) is 5.92 Å². The summed E-state index contributed by atoms with van der Waals surface area (Å²) in [5.74, 6) is -0.115. The first-order chi connectivity index (χ1) is 7.69. The molecule has 0 bridgehead atoms. The average molecular weight is 229 g/mol. The molecule has 0 aromatic heterocycles. The molecule has 1 aliphatic rings. The Labute approximate surface area is 95.5 Å². The van der Waals surface area contributed by atoms with Gasteiger partial charge in [0.25, 0.3) is 0 Å². The van der Waals surface area contributed by atoms with E-state index in [1.54, 1.807) is 6.92 Å². The van der Waals surface area contributed by atoms with Crippen molar-refractivity contribution >= 4 is 11.9 Å². The lowest BCUT2D eigenvalue weighted by Crippen LogP contribution is -2.40. The minimum absolute atomic E-state index is 0.241. The van der Waals surface area contributed by atoms with E-state index in [0.717, 1.165) is 12.8 Å². The van der Waals surface area contributed by atoms with E-state index in [9.17, 15) is 9.59 Å². The van der Waals surface area contributed by atoms with Crippen LogP contribution in [-0.4, -0.2) is 38.2 Å². The summed E-state index contributed by atoms with van der Waals surface area (Å²) in [6, 6.07) is -0.264. The standard InChI is InChI=1S/C11H19NO4/c1-3-16-9(13)6-7-12-10(8-4-5-8)11(14)15-2/h8,10,12H,3-7H2,1-2H3. The molecule has 0 heterocycles. The Morgan fingerprint density at radius 3 is 2.62 bits per heavy atom. The maximum atomic E-state index is 11.4. The maximum absolute atomic E-state index is 11.4. The minimum atomic E-state index is -0.264. The fourth-order valence-electron chi connectivity index (χ4n) is 1.56. The van der Waals surface area contributed by atoms with Crippen LogP contribution in [0, 0.1) is 5.92 Å². The van der Waals surface area contributed by atoms with Crippen LogP contribution in [0.3, 0.4) is 0 Å². The molecule has 0 spiro atoms. The number of hydrogen-bond acceptors (Lipinski definition) is 5. The lowest BCUT2D eigenvalue weighted by Gasteiger charge is -2.15. The Morgan fingerprint density at radius 1 is 1.44 bits per heavy atom. The molecular weight excluding hydrogens is 210 g/mol. The molecule has 0 saturated heterocycles. The van der Waals surface area contributed by atoms with Crippen molar-refractivity contribution < 1.29 is 19.1 Å². The van der Waals surface area contributed by atoms with Crippen LogP contribution >= 0.6 is 0 Å². The molecule has 1 unspecified atom stereocenters. The van der Waals surface area contributed by atoms with Crippen LogP contribution in [0.15, 0.2) is 0 Å². The molecule has 92 valence electrons. The fraction of sp³-hybridized carbons (Fsp3) is 0.818. The monoisotopic (exact) mass is 229 g/mol. The van der Waals surface area contributed by atoms with Crippen molar-refractivity contribution in [3.63, 3.8) is 0 Å². The number of carbonyl (C=O) groups excluding carboxylic acids is 2. The molecule has 1 atom stereocenters. The number of carbonyl (C=O) groups is 2. The van der Waals surface area contributed by atoms with Gasteiger partial charge in [-0.2, -0.15) is 0 Å². The summed E-state index contributed by atoms with van der Waals surface area (Å²) in [5, 5.41) is 3.05. The number of ether oxygens (including phenoxy) is 2. The minimum Gasteiger partial charge on any atom is -0.468 e. The third-order valence-electron chi connectivity index (χ3n) is 2.55. The highest BCUT2D eigenvalue weighted by atomic mass is 16.5. The van der Waals surface area contributed by atoms with E-state index in [-0.39, 0.29) is 24.4 Å². The van der Waals surface area contributed by atoms with Crippen LogP contribution in [0.1, 0.15) is 26.2 Å². The van der Waals surface area contributed by atoms with Gasteiger partial charge in [0.15, 0.2) is 0 Å². The third kappa shape index (κ3) is 4.18. The molecule has 0 radical (unpaired) electrons. The van der Waals surface area contributed by atoms with Crippen molar-refractivity contribution in [1.82, 2.24) is 5.32 Å². The topological polar surface area (TPSA) is 64.6 Å². The molecular formula is C11H19NO4. The zero-order valence-electron chi connectivity index (χ0n) is 9.82.